The summed E-state index contributed by atoms with van der Waals surface area (Å²) in [7, 11) is 0. The summed E-state index contributed by atoms with van der Waals surface area (Å²) in [6.45, 7) is 1.41. The number of anilines is 1. The minimum atomic E-state index is -1.10. The van der Waals surface area contributed by atoms with Crippen molar-refractivity contribution in [3.63, 3.8) is 0 Å². The van der Waals surface area contributed by atoms with Gasteiger partial charge in [0.25, 0.3) is 0 Å². The molecule has 4 N–H and O–H groups in total. The van der Waals surface area contributed by atoms with Gasteiger partial charge in [0.05, 0.1) is 29.6 Å². The van der Waals surface area contributed by atoms with Crippen LogP contribution in [0.2, 0.25) is 0 Å². The smallest absolute Gasteiger partial charge is 0.337 e. The van der Waals surface area contributed by atoms with E-state index in [-0.39, 0.29) is 12.1 Å². The second-order valence-electron chi connectivity index (χ2n) is 4.55. The highest BCUT2D eigenvalue weighted by Crippen LogP contribution is 2.24. The van der Waals surface area contributed by atoms with Crippen molar-refractivity contribution in [3.8, 4) is 5.69 Å². The Bertz CT molecular complexity index is 627. The normalized spacial score (nSPS) is 12.1. The molecule has 2 aromatic rings. The molecule has 0 saturated heterocycles. The fourth-order valence-corrected chi connectivity index (χ4v) is 1.93. The van der Waals surface area contributed by atoms with E-state index in [1.54, 1.807) is 13.0 Å². The average Bonchev–Trinajstić information content (AvgIpc) is 2.98. The minimum Gasteiger partial charge on any atom is -0.478 e. The Morgan fingerprint density at radius 1 is 1.48 bits per heavy atom. The summed E-state index contributed by atoms with van der Waals surface area (Å²) in [4.78, 5) is 15.2. The number of benzene rings is 1. The number of aliphatic hydroxyl groups excluding tert-OH is 2. The molecule has 2 rings (SSSR count). The molecular formula is C13H16N4O4. The van der Waals surface area contributed by atoms with Gasteiger partial charge in [-0.2, -0.15) is 5.10 Å². The molecule has 0 amide bonds. The van der Waals surface area contributed by atoms with Crippen molar-refractivity contribution in [1.82, 2.24) is 14.8 Å². The molecule has 21 heavy (non-hydrogen) atoms. The molecule has 0 aliphatic rings. The van der Waals surface area contributed by atoms with Gasteiger partial charge in [-0.3, -0.25) is 0 Å². The van der Waals surface area contributed by atoms with Crippen LogP contribution in [0, 0.1) is 6.92 Å². The molecule has 0 aliphatic heterocycles. The molecule has 1 aromatic carbocycles. The highest BCUT2D eigenvalue weighted by molar-refractivity contribution is 5.96. The molecule has 8 nitrogen and oxygen atoms in total. The number of hydrogen-bond donors (Lipinski definition) is 4. The SMILES string of the molecule is Cc1cc(-n2cncn2)cc(C(=O)O)c1NCC(O)CO. The molecule has 112 valence electrons. The van der Waals surface area contributed by atoms with Crippen molar-refractivity contribution in [3.05, 3.63) is 35.9 Å². The maximum Gasteiger partial charge on any atom is 0.337 e. The summed E-state index contributed by atoms with van der Waals surface area (Å²) in [6.07, 6.45) is 1.88. The van der Waals surface area contributed by atoms with Gasteiger partial charge in [0.15, 0.2) is 0 Å². The lowest BCUT2D eigenvalue weighted by atomic mass is 10.1. The van der Waals surface area contributed by atoms with E-state index in [1.165, 1.54) is 23.4 Å². The van der Waals surface area contributed by atoms with Crippen LogP contribution in [0.4, 0.5) is 5.69 Å². The van der Waals surface area contributed by atoms with Gasteiger partial charge in [-0.25, -0.2) is 14.5 Å². The van der Waals surface area contributed by atoms with E-state index in [0.717, 1.165) is 0 Å². The fourth-order valence-electron chi connectivity index (χ4n) is 1.93. The van der Waals surface area contributed by atoms with E-state index in [4.69, 9.17) is 5.11 Å². The number of rotatable bonds is 6. The van der Waals surface area contributed by atoms with Gasteiger partial charge < -0.3 is 20.6 Å². The Labute approximate surface area is 120 Å². The molecule has 0 radical (unpaired) electrons. The predicted octanol–water partition coefficient (Wildman–Crippen LogP) is 0.0390. The van der Waals surface area contributed by atoms with Gasteiger partial charge in [0.1, 0.15) is 12.7 Å². The van der Waals surface area contributed by atoms with Crippen molar-refractivity contribution in [2.45, 2.75) is 13.0 Å². The van der Waals surface area contributed by atoms with E-state index in [1.807, 2.05) is 0 Å². The number of nitrogens with zero attached hydrogens (tertiary/aromatic N) is 3. The van der Waals surface area contributed by atoms with E-state index in [2.05, 4.69) is 15.4 Å². The van der Waals surface area contributed by atoms with Crippen LogP contribution < -0.4 is 5.32 Å². The molecule has 0 saturated carbocycles. The lowest BCUT2D eigenvalue weighted by molar-refractivity contribution is 0.0697. The Morgan fingerprint density at radius 2 is 2.24 bits per heavy atom. The van der Waals surface area contributed by atoms with E-state index < -0.39 is 18.7 Å². The first-order valence-electron chi connectivity index (χ1n) is 6.28. The van der Waals surface area contributed by atoms with Crippen LogP contribution in [0.5, 0.6) is 0 Å². The van der Waals surface area contributed by atoms with Crippen molar-refractivity contribution in [2.24, 2.45) is 0 Å². The summed E-state index contributed by atoms with van der Waals surface area (Å²) in [5.41, 5.74) is 1.73. The third-order valence-electron chi connectivity index (χ3n) is 2.96. The number of nitrogens with one attached hydrogen (secondary N) is 1. The predicted molar refractivity (Wildman–Crippen MR) is 74.6 cm³/mol. The van der Waals surface area contributed by atoms with Crippen LogP contribution in [-0.4, -0.2) is 55.3 Å². The molecule has 0 spiro atoms. The van der Waals surface area contributed by atoms with Crippen LogP contribution in [0.25, 0.3) is 5.69 Å². The monoisotopic (exact) mass is 292 g/mol. The third kappa shape index (κ3) is 3.36. The molecule has 1 unspecified atom stereocenters. The van der Waals surface area contributed by atoms with Crippen LogP contribution in [0.1, 0.15) is 15.9 Å². The van der Waals surface area contributed by atoms with Crippen LogP contribution in [0.15, 0.2) is 24.8 Å². The topological polar surface area (TPSA) is 121 Å². The molecule has 0 aliphatic carbocycles. The van der Waals surface area contributed by atoms with Crippen LogP contribution >= 0.6 is 0 Å². The maximum atomic E-state index is 11.4. The van der Waals surface area contributed by atoms with Gasteiger partial charge >= 0.3 is 5.97 Å². The first-order chi connectivity index (χ1) is 10.0. The largest absolute Gasteiger partial charge is 0.478 e. The first kappa shape index (κ1) is 14.9. The number of carboxylic acids is 1. The molecule has 1 heterocycles. The number of aromatic nitrogens is 3. The van der Waals surface area contributed by atoms with E-state index >= 15 is 0 Å². The van der Waals surface area contributed by atoms with Crippen molar-refractivity contribution in [2.75, 3.05) is 18.5 Å². The van der Waals surface area contributed by atoms with Crippen molar-refractivity contribution in [1.29, 1.82) is 0 Å². The van der Waals surface area contributed by atoms with Crippen LogP contribution in [-0.2, 0) is 0 Å². The number of aromatic carboxylic acids is 1. The first-order valence-corrected chi connectivity index (χ1v) is 6.28. The van der Waals surface area contributed by atoms with Crippen LogP contribution in [0.3, 0.4) is 0 Å². The number of carbonyl (C=O) groups is 1. The number of aliphatic hydroxyl groups is 2. The summed E-state index contributed by atoms with van der Waals surface area (Å²) >= 11 is 0. The lowest BCUT2D eigenvalue weighted by Crippen LogP contribution is -2.24. The molecule has 1 atom stereocenters. The molecule has 1 aromatic heterocycles. The van der Waals surface area contributed by atoms with E-state index in [9.17, 15) is 15.0 Å². The highest BCUT2D eigenvalue weighted by atomic mass is 16.4. The zero-order chi connectivity index (χ0) is 15.4. The minimum absolute atomic E-state index is 0.0558. The highest BCUT2D eigenvalue weighted by Gasteiger charge is 2.16. The van der Waals surface area contributed by atoms with Crippen molar-refractivity contribution < 1.29 is 20.1 Å². The number of aryl methyl sites for hydroxylation is 1. The molecular weight excluding hydrogens is 276 g/mol. The fraction of sp³-hybridized carbons (Fsp3) is 0.308. The Kier molecular flexibility index (Phi) is 4.51. The van der Waals surface area contributed by atoms with Gasteiger partial charge in [0, 0.05) is 6.54 Å². The second-order valence-corrected chi connectivity index (χ2v) is 4.55. The summed E-state index contributed by atoms with van der Waals surface area (Å²) < 4.78 is 1.46. The zero-order valence-electron chi connectivity index (χ0n) is 11.4. The zero-order valence-corrected chi connectivity index (χ0v) is 11.4. The second kappa shape index (κ2) is 6.33. The standard InChI is InChI=1S/C13H16N4O4/c1-8-2-9(17-7-14-6-16-17)3-11(13(20)21)12(8)15-4-10(19)5-18/h2-3,6-7,10,15,18-19H,4-5H2,1H3,(H,20,21). The maximum absolute atomic E-state index is 11.4. The van der Waals surface area contributed by atoms with E-state index in [0.29, 0.717) is 16.9 Å². The Morgan fingerprint density at radius 3 is 2.81 bits per heavy atom. The van der Waals surface area contributed by atoms with Gasteiger partial charge in [0.2, 0.25) is 0 Å². The summed E-state index contributed by atoms with van der Waals surface area (Å²) in [6, 6.07) is 3.23. The summed E-state index contributed by atoms with van der Waals surface area (Å²) in [5.74, 6) is -1.10. The Balaban J connectivity index is 2.38. The molecule has 0 fully saturated rings. The average molecular weight is 292 g/mol. The summed E-state index contributed by atoms with van der Waals surface area (Å²) in [5, 5.41) is 34.3. The van der Waals surface area contributed by atoms with Crippen molar-refractivity contribution >= 4 is 11.7 Å². The van der Waals surface area contributed by atoms with Gasteiger partial charge in [-0.05, 0) is 24.6 Å². The lowest BCUT2D eigenvalue weighted by Gasteiger charge is -2.16. The molecule has 0 bridgehead atoms. The molecule has 8 heteroatoms. The quantitative estimate of drug-likeness (QED) is 0.593. The van der Waals surface area contributed by atoms with Gasteiger partial charge in [-0.1, -0.05) is 0 Å². The van der Waals surface area contributed by atoms with Gasteiger partial charge in [-0.15, -0.1) is 0 Å². The number of carboxylic acid groups (broad SMARTS) is 1. The third-order valence-corrected chi connectivity index (χ3v) is 2.96. The number of hydrogen-bond acceptors (Lipinski definition) is 6. The Hall–Kier alpha value is -2.45.